The van der Waals surface area contributed by atoms with E-state index in [1.807, 2.05) is 83.5 Å². The minimum Gasteiger partial charge on any atom is -1.00 e. The third-order valence-electron chi connectivity index (χ3n) is 8.35. The van der Waals surface area contributed by atoms with Gasteiger partial charge < -0.3 is 36.0 Å². The van der Waals surface area contributed by atoms with E-state index in [-0.39, 0.29) is 24.8 Å². The Balaban J connectivity index is 0.000000221. The molecule has 0 aromatic heterocycles. The highest BCUT2D eigenvalue weighted by molar-refractivity contribution is 7.91. The fourth-order valence-corrected chi connectivity index (χ4v) is 9.59. The molecular formula is C37H43Cl2NO6S2. The lowest BCUT2D eigenvalue weighted by atomic mass is 9.89. The molecule has 0 bridgehead atoms. The molecule has 11 heteroatoms. The summed E-state index contributed by atoms with van der Waals surface area (Å²) in [6, 6.07) is 13.2. The van der Waals surface area contributed by atoms with Gasteiger partial charge in [0.15, 0.2) is 5.78 Å². The van der Waals surface area contributed by atoms with Crippen LogP contribution in [-0.4, -0.2) is 76.0 Å². The minimum absolute atomic E-state index is 0. The van der Waals surface area contributed by atoms with Crippen molar-refractivity contribution in [2.24, 2.45) is 5.92 Å². The maximum Gasteiger partial charge on any atom is 0.183 e. The van der Waals surface area contributed by atoms with Crippen LogP contribution in [0.5, 0.6) is 11.5 Å². The van der Waals surface area contributed by atoms with Crippen molar-refractivity contribution >= 4 is 43.8 Å². The summed E-state index contributed by atoms with van der Waals surface area (Å²) < 4.78 is 38.1. The molecule has 0 saturated carbocycles. The van der Waals surface area contributed by atoms with Crippen molar-refractivity contribution in [1.82, 2.24) is 0 Å². The van der Waals surface area contributed by atoms with Crippen LogP contribution in [0.2, 0.25) is 5.02 Å². The van der Waals surface area contributed by atoms with Crippen molar-refractivity contribution in [3.8, 4) is 11.5 Å². The lowest BCUT2D eigenvalue weighted by Gasteiger charge is -2.29. The maximum absolute atomic E-state index is 13.1. The van der Waals surface area contributed by atoms with Crippen LogP contribution in [0.15, 0.2) is 81.5 Å². The number of fused-ring (bicyclic) bond motifs is 4. The monoisotopic (exact) mass is 731 g/mol. The first-order valence-electron chi connectivity index (χ1n) is 15.7. The van der Waals surface area contributed by atoms with Gasteiger partial charge in [0.2, 0.25) is 0 Å². The van der Waals surface area contributed by atoms with Crippen molar-refractivity contribution < 1.29 is 45.0 Å². The number of benzene rings is 3. The summed E-state index contributed by atoms with van der Waals surface area (Å²) >= 11 is 6.29. The highest BCUT2D eigenvalue weighted by atomic mass is 35.5. The van der Waals surface area contributed by atoms with E-state index in [0.29, 0.717) is 55.9 Å². The molecule has 0 amide bonds. The molecule has 0 radical (unpaired) electrons. The molecule has 4 unspecified atom stereocenters. The van der Waals surface area contributed by atoms with Gasteiger partial charge >= 0.3 is 0 Å². The molecule has 48 heavy (non-hydrogen) atoms. The van der Waals surface area contributed by atoms with Crippen LogP contribution < -0.4 is 21.9 Å². The third-order valence-corrected chi connectivity index (χ3v) is 12.2. The largest absolute Gasteiger partial charge is 1.00 e. The highest BCUT2D eigenvalue weighted by Gasteiger charge is 2.36. The summed E-state index contributed by atoms with van der Waals surface area (Å²) in [5.74, 6) is 0.765. The summed E-state index contributed by atoms with van der Waals surface area (Å²) in [4.78, 5) is 15.9. The van der Waals surface area contributed by atoms with Gasteiger partial charge in [-0.05, 0) is 67.3 Å². The van der Waals surface area contributed by atoms with Crippen LogP contribution in [0, 0.1) is 19.8 Å². The Morgan fingerprint density at radius 2 is 1.81 bits per heavy atom. The van der Waals surface area contributed by atoms with E-state index in [9.17, 15) is 18.7 Å². The fourth-order valence-electron chi connectivity index (χ4n) is 5.99. The molecule has 6 rings (SSSR count). The summed E-state index contributed by atoms with van der Waals surface area (Å²) in [7, 11) is 3.01. The normalized spacial score (nSPS) is 19.5. The Bertz CT molecular complexity index is 1830. The maximum atomic E-state index is 13.1. The van der Waals surface area contributed by atoms with Crippen molar-refractivity contribution in [2.75, 3.05) is 40.9 Å². The van der Waals surface area contributed by atoms with E-state index < -0.39 is 33.6 Å². The number of quaternary nitrogens is 1. The molecule has 0 saturated heterocycles. The molecular weight excluding hydrogens is 689 g/mol. The zero-order valence-electron chi connectivity index (χ0n) is 28.1. The summed E-state index contributed by atoms with van der Waals surface area (Å²) in [5, 5.41) is 10.9. The van der Waals surface area contributed by atoms with Gasteiger partial charge in [0.25, 0.3) is 0 Å². The smallest absolute Gasteiger partial charge is 0.183 e. The topological polar surface area (TPSA) is 95.9 Å². The quantitative estimate of drug-likeness (QED) is 0.130. The number of aliphatic hydroxyl groups is 1. The van der Waals surface area contributed by atoms with Crippen LogP contribution in [0.3, 0.4) is 0 Å². The molecule has 3 aromatic carbocycles. The van der Waals surface area contributed by atoms with E-state index >= 15 is 0 Å². The standard InChI is InChI=1S/C21H28NO4S.C16H15ClO2S.ClH/c1-13-14(2)21-17(10-18(13)26-12-15(23)11-22(3,4)5)20(24)16-8-6-7-9-19(16)27(21)25;1-2-9-19-14-8-7-13(17)12-10-11-5-3-4-6-15(11)20(18)16(12)14;/h6-10,15-16,23,27H,11-12H2,1-5H3;3-8H,2,9-10H2,1H3;1H/q+1;;/p-1. The molecule has 258 valence electrons. The van der Waals surface area contributed by atoms with Crippen LogP contribution in [0.1, 0.15) is 46.0 Å². The molecule has 0 fully saturated rings. The third kappa shape index (κ3) is 7.99. The molecule has 2 aliphatic heterocycles. The van der Waals surface area contributed by atoms with Gasteiger partial charge in [-0.3, -0.25) is 4.79 Å². The van der Waals surface area contributed by atoms with Crippen LogP contribution in [0.4, 0.5) is 0 Å². The van der Waals surface area contributed by atoms with Crippen LogP contribution in [0.25, 0.3) is 0 Å². The molecule has 1 aliphatic carbocycles. The first-order valence-corrected chi connectivity index (χ1v) is 18.5. The Morgan fingerprint density at radius 3 is 2.52 bits per heavy atom. The van der Waals surface area contributed by atoms with Gasteiger partial charge in [0.1, 0.15) is 46.4 Å². The number of allylic oxidation sites excluding steroid dienone is 4. The zero-order valence-corrected chi connectivity index (χ0v) is 31.3. The van der Waals surface area contributed by atoms with E-state index in [0.717, 1.165) is 38.5 Å². The average Bonchev–Trinajstić information content (AvgIpc) is 3.04. The molecule has 3 aromatic rings. The minimum atomic E-state index is -1.78. The van der Waals surface area contributed by atoms with E-state index in [1.54, 1.807) is 18.2 Å². The number of likely N-dealkylation sites (N-methyl/N-ethyl adjacent to an activating group) is 1. The first-order chi connectivity index (χ1) is 22.3. The van der Waals surface area contributed by atoms with Gasteiger partial charge in [-0.2, -0.15) is 0 Å². The van der Waals surface area contributed by atoms with Gasteiger partial charge in [-0.1, -0.05) is 55.0 Å². The fraction of sp³-hybridized carbons (Fsp3) is 0.351. The number of rotatable bonds is 8. The second kappa shape index (κ2) is 15.9. The Hall–Kier alpha value is -2.76. The second-order valence-corrected chi connectivity index (χ2v) is 16.4. The van der Waals surface area contributed by atoms with Gasteiger partial charge in [-0.15, -0.1) is 10.8 Å². The van der Waals surface area contributed by atoms with Gasteiger partial charge in [0.05, 0.1) is 49.0 Å². The van der Waals surface area contributed by atoms with E-state index in [4.69, 9.17) is 21.1 Å². The molecule has 1 N–H and O–H groups in total. The Kier molecular flexibility index (Phi) is 12.6. The van der Waals surface area contributed by atoms with Gasteiger partial charge in [0, 0.05) is 21.9 Å². The number of hydrogen-bond donors (Lipinski definition) is 1. The van der Waals surface area contributed by atoms with Crippen LogP contribution in [-0.2, 0) is 28.0 Å². The lowest BCUT2D eigenvalue weighted by molar-refractivity contribution is -0.873. The number of ketones is 1. The number of halogens is 2. The Morgan fingerprint density at radius 1 is 1.08 bits per heavy atom. The number of nitrogens with zero attached hydrogens (tertiary/aromatic N) is 1. The van der Waals surface area contributed by atoms with Gasteiger partial charge in [-0.25, -0.2) is 4.21 Å². The number of thiol groups is 1. The predicted molar refractivity (Wildman–Crippen MR) is 190 cm³/mol. The number of aliphatic hydroxyl groups excluding tert-OH is 1. The molecule has 0 spiro atoms. The van der Waals surface area contributed by atoms with E-state index in [1.165, 1.54) is 0 Å². The number of ether oxygens (including phenoxy) is 2. The molecule has 2 heterocycles. The number of Topliss-reactive ketones (excluding diaryl/α,β-unsaturated/α-hetero) is 1. The van der Waals surface area contributed by atoms with Crippen molar-refractivity contribution in [3.05, 3.63) is 99.6 Å². The SMILES string of the molecule is CCCOc1ccc(Cl)c2c1S(=O)c1ccccc1C2.Cc1c(OCC(O)C[N+](C)(C)C)cc2c(c1C)[SH+]([O-])=C1C=CC=CC1C2=O.[Cl-]. The highest BCUT2D eigenvalue weighted by Crippen LogP contribution is 2.41. The first kappa shape index (κ1) is 38.0. The summed E-state index contributed by atoms with van der Waals surface area (Å²) in [5.41, 5.74) is 4.16. The predicted octanol–water partition coefficient (Wildman–Crippen LogP) is 2.90. The molecule has 3 aliphatic rings. The number of carbonyl (C=O) groups excluding carboxylic acids is 1. The average molecular weight is 733 g/mol. The Labute approximate surface area is 299 Å². The number of hydrogen-bond acceptors (Lipinski definition) is 6. The molecule has 7 nitrogen and oxygen atoms in total. The van der Waals surface area contributed by atoms with E-state index in [2.05, 4.69) is 6.92 Å². The summed E-state index contributed by atoms with van der Waals surface area (Å²) in [6.07, 6.45) is 8.25. The van der Waals surface area contributed by atoms with Crippen molar-refractivity contribution in [1.29, 1.82) is 0 Å². The second-order valence-electron chi connectivity index (χ2n) is 13.0. The van der Waals surface area contributed by atoms with Crippen LogP contribution >= 0.6 is 11.6 Å². The summed E-state index contributed by atoms with van der Waals surface area (Å²) in [6.45, 7) is 7.16. The van der Waals surface area contributed by atoms with Crippen molar-refractivity contribution in [2.45, 2.75) is 54.4 Å². The van der Waals surface area contributed by atoms with Crippen molar-refractivity contribution in [3.63, 3.8) is 0 Å². The molecule has 4 atom stereocenters. The zero-order chi connectivity index (χ0) is 34.0. The number of carbonyl (C=O) groups is 1. The lowest BCUT2D eigenvalue weighted by Crippen LogP contribution is -3.00.